The maximum absolute atomic E-state index is 14.1. The van der Waals surface area contributed by atoms with E-state index in [2.05, 4.69) is 15.2 Å². The van der Waals surface area contributed by atoms with Gasteiger partial charge in [0.15, 0.2) is 5.82 Å². The summed E-state index contributed by atoms with van der Waals surface area (Å²) in [6.45, 7) is 4.41. The van der Waals surface area contributed by atoms with Crippen LogP contribution >= 0.6 is 0 Å². The Balaban J connectivity index is 1.70. The summed E-state index contributed by atoms with van der Waals surface area (Å²) in [4.78, 5) is 11.5. The maximum atomic E-state index is 14.1. The number of methoxy groups -OCH3 is 1. The SMILES string of the molecule is COC(=O)c1ccc(CN[C@H](C)c2cnn(-c3ccc(F)cc3F)c2C)cc1. The Labute approximate surface area is 161 Å². The molecule has 7 heteroatoms. The first-order valence-corrected chi connectivity index (χ1v) is 8.81. The molecule has 2 aromatic carbocycles. The molecule has 0 unspecified atom stereocenters. The van der Waals surface area contributed by atoms with Crippen molar-refractivity contribution >= 4 is 5.97 Å². The van der Waals surface area contributed by atoms with E-state index in [1.165, 1.54) is 23.9 Å². The number of rotatable bonds is 6. The van der Waals surface area contributed by atoms with Gasteiger partial charge in [-0.2, -0.15) is 5.10 Å². The molecule has 0 aliphatic rings. The van der Waals surface area contributed by atoms with Crippen LogP contribution in [0.2, 0.25) is 0 Å². The van der Waals surface area contributed by atoms with Gasteiger partial charge in [0, 0.05) is 29.9 Å². The molecule has 5 nitrogen and oxygen atoms in total. The number of nitrogens with one attached hydrogen (secondary N) is 1. The lowest BCUT2D eigenvalue weighted by molar-refractivity contribution is 0.0600. The molecule has 0 aliphatic carbocycles. The van der Waals surface area contributed by atoms with Crippen LogP contribution in [-0.4, -0.2) is 22.9 Å². The van der Waals surface area contributed by atoms with Gasteiger partial charge in [-0.25, -0.2) is 18.3 Å². The molecule has 0 radical (unpaired) electrons. The van der Waals surface area contributed by atoms with Gasteiger partial charge in [-0.1, -0.05) is 12.1 Å². The number of halogens is 2. The highest BCUT2D eigenvalue weighted by Crippen LogP contribution is 2.22. The zero-order valence-electron chi connectivity index (χ0n) is 15.9. The minimum atomic E-state index is -0.663. The number of benzene rings is 2. The Morgan fingerprint density at radius 2 is 1.93 bits per heavy atom. The predicted molar refractivity (Wildman–Crippen MR) is 101 cm³/mol. The second-order valence-corrected chi connectivity index (χ2v) is 6.48. The summed E-state index contributed by atoms with van der Waals surface area (Å²) in [5.74, 6) is -1.66. The topological polar surface area (TPSA) is 56.1 Å². The number of carbonyl (C=O) groups excluding carboxylic acids is 1. The van der Waals surface area contributed by atoms with Crippen molar-refractivity contribution in [1.82, 2.24) is 15.1 Å². The van der Waals surface area contributed by atoms with E-state index >= 15 is 0 Å². The van der Waals surface area contributed by atoms with E-state index in [9.17, 15) is 13.6 Å². The van der Waals surface area contributed by atoms with Crippen molar-refractivity contribution in [3.63, 3.8) is 0 Å². The van der Waals surface area contributed by atoms with E-state index in [4.69, 9.17) is 0 Å². The number of hydrogen-bond acceptors (Lipinski definition) is 4. The molecule has 28 heavy (non-hydrogen) atoms. The summed E-state index contributed by atoms with van der Waals surface area (Å²) >= 11 is 0. The van der Waals surface area contributed by atoms with Crippen LogP contribution in [0.3, 0.4) is 0 Å². The number of ether oxygens (including phenoxy) is 1. The molecule has 1 atom stereocenters. The van der Waals surface area contributed by atoms with E-state index in [1.807, 2.05) is 26.0 Å². The first-order chi connectivity index (χ1) is 13.4. The summed E-state index contributed by atoms with van der Waals surface area (Å²) in [6, 6.07) is 10.5. The van der Waals surface area contributed by atoms with Gasteiger partial charge in [0.05, 0.1) is 18.9 Å². The number of aromatic nitrogens is 2. The quantitative estimate of drug-likeness (QED) is 0.649. The van der Waals surface area contributed by atoms with Gasteiger partial charge < -0.3 is 10.1 Å². The normalized spacial score (nSPS) is 12.0. The lowest BCUT2D eigenvalue weighted by Crippen LogP contribution is -2.18. The summed E-state index contributed by atoms with van der Waals surface area (Å²) in [5.41, 5.74) is 3.39. The van der Waals surface area contributed by atoms with Crippen LogP contribution in [0.4, 0.5) is 8.78 Å². The number of nitrogens with zero attached hydrogens (tertiary/aromatic N) is 2. The van der Waals surface area contributed by atoms with Gasteiger partial charge in [-0.3, -0.25) is 0 Å². The molecule has 3 aromatic rings. The predicted octanol–water partition coefficient (Wildman–Crippen LogP) is 4.10. The highest BCUT2D eigenvalue weighted by molar-refractivity contribution is 5.89. The highest BCUT2D eigenvalue weighted by atomic mass is 19.1. The smallest absolute Gasteiger partial charge is 0.337 e. The van der Waals surface area contributed by atoms with Gasteiger partial charge in [-0.05, 0) is 43.7 Å². The molecule has 0 amide bonds. The summed E-state index contributed by atoms with van der Waals surface area (Å²) in [5, 5.41) is 7.64. The molecule has 146 valence electrons. The summed E-state index contributed by atoms with van der Waals surface area (Å²) in [7, 11) is 1.35. The minimum absolute atomic E-state index is 0.0439. The second-order valence-electron chi connectivity index (χ2n) is 6.48. The first kappa shape index (κ1) is 19.7. The summed E-state index contributed by atoms with van der Waals surface area (Å²) < 4.78 is 33.4. The van der Waals surface area contributed by atoms with E-state index in [1.54, 1.807) is 18.3 Å². The maximum Gasteiger partial charge on any atom is 0.337 e. The zero-order chi connectivity index (χ0) is 20.3. The molecule has 1 aromatic heterocycles. The van der Waals surface area contributed by atoms with Gasteiger partial charge >= 0.3 is 5.97 Å². The lowest BCUT2D eigenvalue weighted by atomic mass is 10.1. The Bertz CT molecular complexity index is 984. The molecular weight excluding hydrogens is 364 g/mol. The van der Waals surface area contributed by atoms with E-state index < -0.39 is 11.6 Å². The Morgan fingerprint density at radius 1 is 1.21 bits per heavy atom. The number of esters is 1. The van der Waals surface area contributed by atoms with Gasteiger partial charge in [0.2, 0.25) is 0 Å². The fourth-order valence-corrected chi connectivity index (χ4v) is 3.00. The average molecular weight is 385 g/mol. The van der Waals surface area contributed by atoms with Crippen LogP contribution in [0.5, 0.6) is 0 Å². The van der Waals surface area contributed by atoms with Crippen LogP contribution in [0, 0.1) is 18.6 Å². The monoisotopic (exact) mass is 385 g/mol. The van der Waals surface area contributed by atoms with E-state index in [-0.39, 0.29) is 17.7 Å². The molecule has 0 spiro atoms. The molecule has 1 heterocycles. The van der Waals surface area contributed by atoms with Crippen molar-refractivity contribution in [1.29, 1.82) is 0 Å². The van der Waals surface area contributed by atoms with E-state index in [0.29, 0.717) is 12.1 Å². The zero-order valence-corrected chi connectivity index (χ0v) is 15.9. The van der Waals surface area contributed by atoms with Crippen molar-refractivity contribution in [3.05, 3.63) is 82.7 Å². The fourth-order valence-electron chi connectivity index (χ4n) is 3.00. The van der Waals surface area contributed by atoms with Crippen LogP contribution in [0.15, 0.2) is 48.7 Å². The van der Waals surface area contributed by atoms with Gasteiger partial charge in [0.1, 0.15) is 11.5 Å². The lowest BCUT2D eigenvalue weighted by Gasteiger charge is -2.14. The molecule has 0 bridgehead atoms. The van der Waals surface area contributed by atoms with Crippen molar-refractivity contribution in [2.24, 2.45) is 0 Å². The third-order valence-electron chi connectivity index (χ3n) is 4.64. The van der Waals surface area contributed by atoms with Crippen molar-refractivity contribution < 1.29 is 18.3 Å². The summed E-state index contributed by atoms with van der Waals surface area (Å²) in [6.07, 6.45) is 1.68. The first-order valence-electron chi connectivity index (χ1n) is 8.81. The standard InChI is InChI=1S/C21H21F2N3O2/c1-13(24-11-15-4-6-16(7-5-15)21(27)28-3)18-12-25-26(14(18)2)20-9-8-17(22)10-19(20)23/h4-10,12-13,24H,11H2,1-3H3/t13-/m1/s1. The average Bonchev–Trinajstić information content (AvgIpc) is 3.07. The van der Waals surface area contributed by atoms with Crippen LogP contribution in [-0.2, 0) is 11.3 Å². The Kier molecular flexibility index (Phi) is 5.84. The molecule has 0 saturated carbocycles. The molecule has 0 fully saturated rings. The largest absolute Gasteiger partial charge is 0.465 e. The fraction of sp³-hybridized carbons (Fsp3) is 0.238. The molecular formula is C21H21F2N3O2. The van der Waals surface area contributed by atoms with Crippen LogP contribution in [0.1, 0.15) is 40.1 Å². The molecule has 1 N–H and O–H groups in total. The van der Waals surface area contributed by atoms with Gasteiger partial charge in [-0.15, -0.1) is 0 Å². The Morgan fingerprint density at radius 3 is 2.57 bits per heavy atom. The van der Waals surface area contributed by atoms with Crippen LogP contribution < -0.4 is 5.32 Å². The third kappa shape index (κ3) is 4.09. The number of carbonyl (C=O) groups is 1. The van der Waals surface area contributed by atoms with Crippen molar-refractivity contribution in [2.45, 2.75) is 26.4 Å². The van der Waals surface area contributed by atoms with Crippen molar-refractivity contribution in [3.8, 4) is 5.69 Å². The second kappa shape index (κ2) is 8.31. The molecule has 3 rings (SSSR count). The Hall–Kier alpha value is -3.06. The minimum Gasteiger partial charge on any atom is -0.465 e. The van der Waals surface area contributed by atoms with Crippen molar-refractivity contribution in [2.75, 3.05) is 7.11 Å². The van der Waals surface area contributed by atoms with Gasteiger partial charge in [0.25, 0.3) is 0 Å². The number of hydrogen-bond donors (Lipinski definition) is 1. The molecule has 0 aliphatic heterocycles. The highest BCUT2D eigenvalue weighted by Gasteiger charge is 2.16. The third-order valence-corrected chi connectivity index (χ3v) is 4.64. The molecule has 0 saturated heterocycles. The van der Waals surface area contributed by atoms with Crippen LogP contribution in [0.25, 0.3) is 5.69 Å². The van der Waals surface area contributed by atoms with E-state index in [0.717, 1.165) is 22.9 Å².